The number of hydrogen-bond acceptors (Lipinski definition) is 8. The third-order valence-corrected chi connectivity index (χ3v) is 8.42. The van der Waals surface area contributed by atoms with E-state index in [1.807, 2.05) is 44.6 Å². The number of carbonyl (C=O) groups excluding carboxylic acids is 2. The second-order valence-corrected chi connectivity index (χ2v) is 12.2. The Balaban J connectivity index is 1.26. The molecule has 10 nitrogen and oxygen atoms in total. The first-order valence-corrected chi connectivity index (χ1v) is 13.5. The van der Waals surface area contributed by atoms with Gasteiger partial charge in [0.25, 0.3) is 0 Å². The molecule has 3 fully saturated rings. The maximum atomic E-state index is 13.7. The van der Waals surface area contributed by atoms with Crippen LogP contribution in [0.5, 0.6) is 0 Å². The van der Waals surface area contributed by atoms with Gasteiger partial charge in [0, 0.05) is 37.3 Å². The molecule has 0 aromatic carbocycles. The molecule has 3 aromatic heterocycles. The third-order valence-electron chi connectivity index (χ3n) is 7.58. The van der Waals surface area contributed by atoms with E-state index in [1.165, 1.54) is 11.3 Å². The predicted molar refractivity (Wildman–Crippen MR) is 138 cm³/mol. The zero-order valence-electron chi connectivity index (χ0n) is 21.3. The Bertz CT molecular complexity index is 1440. The molecular formula is C26H29N7O3S. The van der Waals surface area contributed by atoms with Crippen molar-refractivity contribution in [3.8, 4) is 17.3 Å². The van der Waals surface area contributed by atoms with E-state index in [-0.39, 0.29) is 29.9 Å². The summed E-state index contributed by atoms with van der Waals surface area (Å²) in [7, 11) is 0. The van der Waals surface area contributed by atoms with E-state index in [9.17, 15) is 14.9 Å². The molecule has 3 aliphatic rings. The molecule has 2 atom stereocenters. The highest BCUT2D eigenvalue weighted by atomic mass is 32.1. The van der Waals surface area contributed by atoms with E-state index in [4.69, 9.17) is 9.72 Å². The first kappa shape index (κ1) is 23.9. The summed E-state index contributed by atoms with van der Waals surface area (Å²) >= 11 is 1.45. The smallest absolute Gasteiger partial charge is 0.410 e. The van der Waals surface area contributed by atoms with Gasteiger partial charge in [-0.25, -0.2) is 14.8 Å². The number of thiazole rings is 1. The second kappa shape index (κ2) is 8.25. The van der Waals surface area contributed by atoms with Crippen molar-refractivity contribution in [1.82, 2.24) is 24.6 Å². The molecule has 2 amide bonds. The van der Waals surface area contributed by atoms with Crippen LogP contribution in [0.25, 0.3) is 21.5 Å². The van der Waals surface area contributed by atoms with Crippen LogP contribution in [0.1, 0.15) is 46.6 Å². The Morgan fingerprint density at radius 3 is 2.70 bits per heavy atom. The molecule has 0 radical (unpaired) electrons. The molecule has 11 heteroatoms. The number of anilines is 1. The highest BCUT2D eigenvalue weighted by Crippen LogP contribution is 2.55. The maximum Gasteiger partial charge on any atom is 0.410 e. The zero-order chi connectivity index (χ0) is 26.1. The molecule has 3 aromatic rings. The third kappa shape index (κ3) is 3.85. The number of hydrogen-bond donors (Lipinski definition) is 0. The molecule has 37 heavy (non-hydrogen) atoms. The molecule has 2 saturated heterocycles. The van der Waals surface area contributed by atoms with Crippen molar-refractivity contribution in [3.63, 3.8) is 0 Å². The SMILES string of the molecule is C[C@@H]1CN(c2nc(-c3cnn(C4CN(C(=O)OC(C)(C)C)C4)c3)cc3ncsc23)C(=O)[C@]1(C#N)C1CC1. The molecule has 0 spiro atoms. The van der Waals surface area contributed by atoms with Gasteiger partial charge in [-0.1, -0.05) is 6.92 Å². The topological polar surface area (TPSA) is 117 Å². The average Bonchev–Trinajstić information content (AvgIpc) is 3.24. The summed E-state index contributed by atoms with van der Waals surface area (Å²) < 4.78 is 8.13. The molecular weight excluding hydrogens is 490 g/mol. The van der Waals surface area contributed by atoms with Crippen molar-refractivity contribution in [3.05, 3.63) is 24.0 Å². The summed E-state index contributed by atoms with van der Waals surface area (Å²) in [6.45, 7) is 9.07. The number of fused-ring (bicyclic) bond motifs is 1. The van der Waals surface area contributed by atoms with Crippen LogP contribution >= 0.6 is 11.3 Å². The van der Waals surface area contributed by atoms with Crippen LogP contribution in [0, 0.1) is 28.6 Å². The number of pyridine rings is 1. The van der Waals surface area contributed by atoms with Crippen molar-refractivity contribution in [2.75, 3.05) is 24.5 Å². The summed E-state index contributed by atoms with van der Waals surface area (Å²) in [5.74, 6) is 0.486. The summed E-state index contributed by atoms with van der Waals surface area (Å²) in [5, 5.41) is 14.6. The first-order chi connectivity index (χ1) is 17.6. The van der Waals surface area contributed by atoms with Gasteiger partial charge in [-0.05, 0) is 45.6 Å². The molecule has 6 rings (SSSR count). The number of amides is 2. The van der Waals surface area contributed by atoms with Crippen LogP contribution in [0.2, 0.25) is 0 Å². The van der Waals surface area contributed by atoms with Gasteiger partial charge in [0.05, 0.1) is 39.7 Å². The normalized spacial score (nSPS) is 24.4. The minimum atomic E-state index is -0.968. The molecule has 1 saturated carbocycles. The van der Waals surface area contributed by atoms with Crippen LogP contribution in [0.15, 0.2) is 24.0 Å². The minimum Gasteiger partial charge on any atom is -0.444 e. The summed E-state index contributed by atoms with van der Waals surface area (Å²) in [6.07, 6.45) is 5.19. The van der Waals surface area contributed by atoms with Crippen molar-refractivity contribution in [1.29, 1.82) is 5.26 Å². The molecule has 0 N–H and O–H groups in total. The van der Waals surface area contributed by atoms with Crippen LogP contribution < -0.4 is 4.90 Å². The summed E-state index contributed by atoms with van der Waals surface area (Å²) in [4.78, 5) is 38.7. The van der Waals surface area contributed by atoms with Gasteiger partial charge in [-0.3, -0.25) is 14.4 Å². The predicted octanol–water partition coefficient (Wildman–Crippen LogP) is 4.25. The molecule has 0 bridgehead atoms. The lowest BCUT2D eigenvalue weighted by Crippen LogP contribution is -2.52. The van der Waals surface area contributed by atoms with Gasteiger partial charge < -0.3 is 9.64 Å². The van der Waals surface area contributed by atoms with Crippen LogP contribution in [0.3, 0.4) is 0 Å². The van der Waals surface area contributed by atoms with E-state index in [0.29, 0.717) is 31.1 Å². The number of likely N-dealkylation sites (tertiary alicyclic amines) is 1. The number of aromatic nitrogens is 4. The quantitative estimate of drug-likeness (QED) is 0.506. The van der Waals surface area contributed by atoms with Crippen LogP contribution in [-0.4, -0.2) is 61.9 Å². The van der Waals surface area contributed by atoms with Gasteiger partial charge in [-0.2, -0.15) is 10.4 Å². The van der Waals surface area contributed by atoms with Crippen LogP contribution in [-0.2, 0) is 9.53 Å². The number of nitrogens with zero attached hydrogens (tertiary/aromatic N) is 7. The Morgan fingerprint density at radius 1 is 1.27 bits per heavy atom. The standard InChI is InChI=1S/C26H29N7O3S/c1-15-9-32(23(34)26(15,13-27)17-5-6-17)22-21-20(28-14-37-21)7-19(30-22)16-8-29-33(10-16)18-11-31(12-18)24(35)36-25(2,3)4/h7-8,10,14-15,17-18H,5-6,9,11-12H2,1-4H3/t15-,26+/m1/s1. The number of rotatable bonds is 4. The van der Waals surface area contributed by atoms with Gasteiger partial charge in [0.2, 0.25) is 5.91 Å². The highest BCUT2D eigenvalue weighted by Gasteiger charge is 2.61. The summed E-state index contributed by atoms with van der Waals surface area (Å²) in [5.41, 5.74) is 2.50. The Morgan fingerprint density at radius 2 is 2.03 bits per heavy atom. The monoisotopic (exact) mass is 519 g/mol. The number of ether oxygens (including phenoxy) is 1. The molecule has 5 heterocycles. The highest BCUT2D eigenvalue weighted by molar-refractivity contribution is 7.17. The number of carbonyl (C=O) groups is 2. The largest absolute Gasteiger partial charge is 0.444 e. The fourth-order valence-electron chi connectivity index (χ4n) is 5.43. The fourth-order valence-corrected chi connectivity index (χ4v) is 6.20. The Kier molecular flexibility index (Phi) is 5.32. The maximum absolute atomic E-state index is 13.7. The fraction of sp³-hybridized carbons (Fsp3) is 0.538. The minimum absolute atomic E-state index is 0.0551. The van der Waals surface area contributed by atoms with E-state index < -0.39 is 11.0 Å². The second-order valence-electron chi connectivity index (χ2n) is 11.4. The molecule has 1 aliphatic carbocycles. The van der Waals surface area contributed by atoms with Crippen molar-refractivity contribution < 1.29 is 14.3 Å². The Hall–Kier alpha value is -3.52. The lowest BCUT2D eigenvalue weighted by Gasteiger charge is -2.39. The zero-order valence-corrected chi connectivity index (χ0v) is 22.2. The Labute approximate surface area is 218 Å². The van der Waals surface area contributed by atoms with Crippen molar-refractivity contribution in [2.45, 2.75) is 52.2 Å². The van der Waals surface area contributed by atoms with Gasteiger partial charge >= 0.3 is 6.09 Å². The first-order valence-electron chi connectivity index (χ1n) is 12.6. The van der Waals surface area contributed by atoms with Gasteiger partial charge in [-0.15, -0.1) is 11.3 Å². The van der Waals surface area contributed by atoms with Crippen molar-refractivity contribution in [2.24, 2.45) is 17.3 Å². The summed E-state index contributed by atoms with van der Waals surface area (Å²) in [6, 6.07) is 4.36. The average molecular weight is 520 g/mol. The van der Waals surface area contributed by atoms with E-state index in [0.717, 1.165) is 28.6 Å². The van der Waals surface area contributed by atoms with Crippen LogP contribution in [0.4, 0.5) is 10.6 Å². The molecule has 0 unspecified atom stereocenters. The van der Waals surface area contributed by atoms with Gasteiger partial charge in [0.15, 0.2) is 5.82 Å². The van der Waals surface area contributed by atoms with E-state index >= 15 is 0 Å². The lowest BCUT2D eigenvalue weighted by atomic mass is 9.75. The van der Waals surface area contributed by atoms with Gasteiger partial charge in [0.1, 0.15) is 11.0 Å². The van der Waals surface area contributed by atoms with E-state index in [2.05, 4.69) is 16.2 Å². The van der Waals surface area contributed by atoms with E-state index in [1.54, 1.807) is 21.5 Å². The molecule has 192 valence electrons. The van der Waals surface area contributed by atoms with Crippen molar-refractivity contribution >= 4 is 39.4 Å². The lowest BCUT2D eigenvalue weighted by molar-refractivity contribution is -0.124. The molecule has 2 aliphatic heterocycles. The number of nitriles is 1.